The van der Waals surface area contributed by atoms with Gasteiger partial charge in [0.05, 0.1) is 37.8 Å². The highest BCUT2D eigenvalue weighted by atomic mass is 16.5. The van der Waals surface area contributed by atoms with Crippen molar-refractivity contribution in [2.45, 2.75) is 56.0 Å². The quantitative estimate of drug-likeness (QED) is 0.879. The lowest BCUT2D eigenvalue weighted by Crippen LogP contribution is -2.54. The molecule has 1 saturated carbocycles. The summed E-state index contributed by atoms with van der Waals surface area (Å²) in [4.78, 5) is 15.9. The molecule has 142 valence electrons. The summed E-state index contributed by atoms with van der Waals surface area (Å²) in [5.41, 5.74) is 0.717. The smallest absolute Gasteiger partial charge is 0.231 e. The molecular formula is C21H30N2O3. The van der Waals surface area contributed by atoms with Gasteiger partial charge in [-0.2, -0.15) is 0 Å². The predicted octanol–water partition coefficient (Wildman–Crippen LogP) is 2.49. The van der Waals surface area contributed by atoms with E-state index in [9.17, 15) is 4.79 Å². The van der Waals surface area contributed by atoms with Crippen LogP contribution >= 0.6 is 0 Å². The molecule has 0 spiro atoms. The molecule has 5 nitrogen and oxygen atoms in total. The van der Waals surface area contributed by atoms with Crippen molar-refractivity contribution in [3.05, 3.63) is 29.8 Å². The standard InChI is InChI=1S/C21H30N2O3/c1-25-17-8-6-16(7-9-17)21(10-2-3-11-21)20(24)22-18-14-26-15-19(18)23-12-4-5-13-23/h6-9,18-19H,2-5,10-15H2,1H3,(H,22,24)/t18-,19-/m1/s1. The molecule has 1 aliphatic carbocycles. The van der Waals surface area contributed by atoms with E-state index in [1.165, 1.54) is 12.8 Å². The molecule has 2 aliphatic heterocycles. The van der Waals surface area contributed by atoms with E-state index < -0.39 is 5.41 Å². The summed E-state index contributed by atoms with van der Waals surface area (Å²) in [6, 6.07) is 8.50. The zero-order valence-corrected chi connectivity index (χ0v) is 15.7. The molecule has 2 atom stereocenters. The Kier molecular flexibility index (Phi) is 5.18. The van der Waals surface area contributed by atoms with Crippen LogP contribution in [0.25, 0.3) is 0 Å². The van der Waals surface area contributed by atoms with Gasteiger partial charge in [-0.1, -0.05) is 25.0 Å². The molecule has 0 unspecified atom stereocenters. The SMILES string of the molecule is COc1ccc(C2(C(=O)N[C@@H]3COC[C@H]3N3CCCC3)CCCC2)cc1. The zero-order valence-electron chi connectivity index (χ0n) is 15.7. The van der Waals surface area contributed by atoms with Gasteiger partial charge in [-0.25, -0.2) is 0 Å². The van der Waals surface area contributed by atoms with Crippen LogP contribution in [0.2, 0.25) is 0 Å². The van der Waals surface area contributed by atoms with Crippen LogP contribution in [-0.2, 0) is 14.9 Å². The molecule has 26 heavy (non-hydrogen) atoms. The molecule has 0 aromatic heterocycles. The van der Waals surface area contributed by atoms with Crippen molar-refractivity contribution in [1.82, 2.24) is 10.2 Å². The number of likely N-dealkylation sites (tertiary alicyclic amines) is 1. The molecule has 5 heteroatoms. The summed E-state index contributed by atoms with van der Waals surface area (Å²) < 4.78 is 11.0. The number of carbonyl (C=O) groups is 1. The van der Waals surface area contributed by atoms with Crippen molar-refractivity contribution in [1.29, 1.82) is 0 Å². The molecule has 0 radical (unpaired) electrons. The van der Waals surface area contributed by atoms with E-state index in [0.29, 0.717) is 12.6 Å². The molecule has 1 aromatic rings. The maximum atomic E-state index is 13.4. The number of nitrogens with zero attached hydrogens (tertiary/aromatic N) is 1. The normalized spacial score (nSPS) is 28.3. The van der Waals surface area contributed by atoms with Gasteiger partial charge < -0.3 is 14.8 Å². The summed E-state index contributed by atoms with van der Waals surface area (Å²) in [5, 5.41) is 3.38. The number of nitrogens with one attached hydrogen (secondary N) is 1. The first kappa shape index (κ1) is 17.8. The lowest BCUT2D eigenvalue weighted by Gasteiger charge is -2.33. The molecule has 3 fully saturated rings. The zero-order chi connectivity index (χ0) is 18.0. The average molecular weight is 358 g/mol. The first-order valence-corrected chi connectivity index (χ1v) is 10.0. The van der Waals surface area contributed by atoms with Crippen molar-refractivity contribution in [3.63, 3.8) is 0 Å². The fourth-order valence-corrected chi connectivity index (χ4v) is 4.96. The minimum Gasteiger partial charge on any atom is -0.497 e. The topological polar surface area (TPSA) is 50.8 Å². The van der Waals surface area contributed by atoms with Gasteiger partial charge in [0.2, 0.25) is 5.91 Å². The van der Waals surface area contributed by atoms with Crippen LogP contribution in [0.5, 0.6) is 5.75 Å². The summed E-state index contributed by atoms with van der Waals surface area (Å²) in [6.45, 7) is 3.63. The first-order chi connectivity index (χ1) is 12.7. The van der Waals surface area contributed by atoms with Crippen LogP contribution in [0.15, 0.2) is 24.3 Å². The van der Waals surface area contributed by atoms with Crippen LogP contribution in [0.3, 0.4) is 0 Å². The molecule has 3 aliphatic rings. The monoisotopic (exact) mass is 358 g/mol. The third-order valence-corrected chi connectivity index (χ3v) is 6.51. The summed E-state index contributed by atoms with van der Waals surface area (Å²) in [6.07, 6.45) is 6.58. The summed E-state index contributed by atoms with van der Waals surface area (Å²) in [5.74, 6) is 1.01. The lowest BCUT2D eigenvalue weighted by molar-refractivity contribution is -0.127. The number of benzene rings is 1. The van der Waals surface area contributed by atoms with E-state index in [2.05, 4.69) is 22.3 Å². The average Bonchev–Trinajstić information content (AvgIpc) is 3.42. The van der Waals surface area contributed by atoms with Crippen molar-refractivity contribution >= 4 is 5.91 Å². The van der Waals surface area contributed by atoms with E-state index in [1.807, 2.05) is 12.1 Å². The minimum atomic E-state index is -0.398. The van der Waals surface area contributed by atoms with Gasteiger partial charge in [-0.3, -0.25) is 9.69 Å². The van der Waals surface area contributed by atoms with Crippen LogP contribution < -0.4 is 10.1 Å². The van der Waals surface area contributed by atoms with E-state index in [4.69, 9.17) is 9.47 Å². The third-order valence-electron chi connectivity index (χ3n) is 6.51. The Balaban J connectivity index is 1.51. The second-order valence-corrected chi connectivity index (χ2v) is 7.95. The lowest BCUT2D eigenvalue weighted by atomic mass is 9.77. The van der Waals surface area contributed by atoms with Crippen LogP contribution in [0.4, 0.5) is 0 Å². The number of hydrogen-bond donors (Lipinski definition) is 1. The Morgan fingerprint density at radius 1 is 1.12 bits per heavy atom. The van der Waals surface area contributed by atoms with Gasteiger partial charge in [0.1, 0.15) is 5.75 Å². The van der Waals surface area contributed by atoms with Crippen LogP contribution in [-0.4, -0.2) is 56.3 Å². The summed E-state index contributed by atoms with van der Waals surface area (Å²) in [7, 11) is 1.67. The molecule has 2 saturated heterocycles. The minimum absolute atomic E-state index is 0.108. The maximum Gasteiger partial charge on any atom is 0.231 e. The van der Waals surface area contributed by atoms with E-state index in [1.54, 1.807) is 7.11 Å². The first-order valence-electron chi connectivity index (χ1n) is 10.0. The number of amides is 1. The van der Waals surface area contributed by atoms with Crippen LogP contribution in [0, 0.1) is 0 Å². The summed E-state index contributed by atoms with van der Waals surface area (Å²) >= 11 is 0. The number of hydrogen-bond acceptors (Lipinski definition) is 4. The second-order valence-electron chi connectivity index (χ2n) is 7.95. The Labute approximate surface area is 156 Å². The van der Waals surface area contributed by atoms with Crippen molar-refractivity contribution in [2.75, 3.05) is 33.4 Å². The molecule has 1 amide bonds. The van der Waals surface area contributed by atoms with Gasteiger partial charge in [-0.05, 0) is 56.5 Å². The van der Waals surface area contributed by atoms with Gasteiger partial charge in [-0.15, -0.1) is 0 Å². The van der Waals surface area contributed by atoms with Crippen molar-refractivity contribution in [2.24, 2.45) is 0 Å². The Bertz CT molecular complexity index is 619. The molecule has 1 aromatic carbocycles. The fourth-order valence-electron chi connectivity index (χ4n) is 4.96. The number of carbonyl (C=O) groups excluding carboxylic acids is 1. The fraction of sp³-hybridized carbons (Fsp3) is 0.667. The largest absolute Gasteiger partial charge is 0.497 e. The van der Waals surface area contributed by atoms with Crippen molar-refractivity contribution in [3.8, 4) is 5.75 Å². The van der Waals surface area contributed by atoms with Gasteiger partial charge in [0.15, 0.2) is 0 Å². The molecule has 2 heterocycles. The maximum absolute atomic E-state index is 13.4. The predicted molar refractivity (Wildman–Crippen MR) is 100 cm³/mol. The highest BCUT2D eigenvalue weighted by Crippen LogP contribution is 2.42. The van der Waals surface area contributed by atoms with E-state index >= 15 is 0 Å². The molecular weight excluding hydrogens is 328 g/mol. The van der Waals surface area contributed by atoms with Gasteiger partial charge in [0.25, 0.3) is 0 Å². The Morgan fingerprint density at radius 3 is 2.46 bits per heavy atom. The van der Waals surface area contributed by atoms with Gasteiger partial charge in [0, 0.05) is 0 Å². The Morgan fingerprint density at radius 2 is 1.81 bits per heavy atom. The number of ether oxygens (including phenoxy) is 2. The second kappa shape index (κ2) is 7.57. The highest BCUT2D eigenvalue weighted by Gasteiger charge is 2.45. The third kappa shape index (κ3) is 3.23. The van der Waals surface area contributed by atoms with Gasteiger partial charge >= 0.3 is 0 Å². The van der Waals surface area contributed by atoms with Crippen LogP contribution in [0.1, 0.15) is 44.1 Å². The molecule has 4 rings (SSSR count). The molecule has 0 bridgehead atoms. The van der Waals surface area contributed by atoms with Crippen molar-refractivity contribution < 1.29 is 14.3 Å². The Hall–Kier alpha value is -1.59. The van der Waals surface area contributed by atoms with E-state index in [-0.39, 0.29) is 11.9 Å². The number of methoxy groups -OCH3 is 1. The molecule has 1 N–H and O–H groups in total. The van der Waals surface area contributed by atoms with E-state index in [0.717, 1.165) is 56.7 Å². The number of rotatable bonds is 5. The highest BCUT2D eigenvalue weighted by molar-refractivity contribution is 5.89.